The van der Waals surface area contributed by atoms with Gasteiger partial charge >= 0.3 is 24.5 Å². The number of ether oxygens (including phenoxy) is 5. The van der Waals surface area contributed by atoms with Crippen molar-refractivity contribution in [1.29, 1.82) is 0 Å². The van der Waals surface area contributed by atoms with Crippen molar-refractivity contribution in [2.75, 3.05) is 39.9 Å². The Labute approximate surface area is 485 Å². The van der Waals surface area contributed by atoms with Crippen LogP contribution in [0.4, 0.5) is 14.4 Å². The maximum Gasteiger partial charge on any atom is 0.407 e. The number of hydrogen-bond donors (Lipinski definition) is 6. The van der Waals surface area contributed by atoms with E-state index in [0.717, 1.165) is 35.3 Å². The second-order valence-electron chi connectivity index (χ2n) is 22.9. The van der Waals surface area contributed by atoms with Crippen LogP contribution in [0.15, 0.2) is 84.9 Å². The van der Waals surface area contributed by atoms with Crippen molar-refractivity contribution in [2.45, 2.75) is 143 Å². The first-order valence-corrected chi connectivity index (χ1v) is 27.6. The minimum absolute atomic E-state index is 0.00822. The van der Waals surface area contributed by atoms with Gasteiger partial charge in [-0.25, -0.2) is 14.4 Å². The lowest BCUT2D eigenvalue weighted by Crippen LogP contribution is -2.56. The number of likely N-dealkylation sites (N-methyl/N-ethyl adjacent to an activating group) is 1. The van der Waals surface area contributed by atoms with E-state index in [4.69, 9.17) is 23.7 Å². The quantitative estimate of drug-likeness (QED) is 0.0165. The third-order valence-corrected chi connectivity index (χ3v) is 12.4. The fourth-order valence-corrected chi connectivity index (χ4v) is 8.53. The maximum absolute atomic E-state index is 15.2. The molecule has 0 spiro atoms. The van der Waals surface area contributed by atoms with E-state index < -0.39 is 95.2 Å². The lowest BCUT2D eigenvalue weighted by molar-refractivity contribution is -0.141. The number of aryl methyl sites for hydroxylation is 1. The van der Waals surface area contributed by atoms with Crippen molar-refractivity contribution in [1.82, 2.24) is 36.8 Å². The number of nitrogens with one attached hydrogen (secondary N) is 6. The summed E-state index contributed by atoms with van der Waals surface area (Å²) >= 11 is 0. The molecule has 0 radical (unpaired) electrons. The lowest BCUT2D eigenvalue weighted by Gasteiger charge is -2.33. The highest BCUT2D eigenvalue weighted by atomic mass is 16.6. The summed E-state index contributed by atoms with van der Waals surface area (Å²) < 4.78 is 28.9. The molecule has 0 saturated heterocycles. The van der Waals surface area contributed by atoms with Crippen LogP contribution in [-0.4, -0.2) is 138 Å². The van der Waals surface area contributed by atoms with Crippen molar-refractivity contribution >= 4 is 53.9 Å². The molecular formula is C61H79N9O13. The van der Waals surface area contributed by atoms with Gasteiger partial charge < -0.3 is 66.0 Å². The van der Waals surface area contributed by atoms with E-state index in [9.17, 15) is 39.1 Å². The molecule has 1 heterocycles. The standard InChI is InChI=1S/C61H79N9O13/c1-13-14-15-38-16-19-40(20-17-38)41-21-23-42(24-22-41)53(73)69-47(35-65-58(78)83-61(9,10)11)55(75)70(12)51-43-25-27-50(80-31-29-64-57(77)82-60(6,7)8)45(34-43)44-32-39(18-26-49(44)79-30-28-63-56(76)81-59(3,4)5)33-46(48(71)36-66-62)68-52(72)37(2)67-54(51)74/h16-27,32,34,36-37,46-47,51H,13-15,28-31,33,35H2,1-12H3,(H,63,76)(H,64,77)(H,65,78)(H,67,74)(H,68,72)(H,69,73)/t37-,46-,47-,51-/m0/s1. The number of fused-ring (bicyclic) bond motifs is 5. The van der Waals surface area contributed by atoms with E-state index in [-0.39, 0.29) is 60.9 Å². The Balaban J connectivity index is 1.62. The number of nitrogens with zero attached hydrogens (tertiary/aromatic N) is 3. The third-order valence-electron chi connectivity index (χ3n) is 12.4. The van der Waals surface area contributed by atoms with Gasteiger partial charge in [-0.15, -0.1) is 0 Å². The molecule has 6 N–H and O–H groups in total. The van der Waals surface area contributed by atoms with Gasteiger partial charge in [-0.3, -0.25) is 24.0 Å². The molecular weight excluding hydrogens is 1070 g/mol. The zero-order chi connectivity index (χ0) is 61.2. The van der Waals surface area contributed by atoms with Gasteiger partial charge in [0.1, 0.15) is 65.7 Å². The number of unbranched alkanes of at least 4 members (excludes halogenated alkanes) is 1. The number of rotatable bonds is 20. The molecule has 5 rings (SSSR count). The minimum Gasteiger partial charge on any atom is -0.491 e. The van der Waals surface area contributed by atoms with Gasteiger partial charge in [0.05, 0.1) is 19.6 Å². The SMILES string of the molecule is CCCCc1ccc(-c2ccc(C(=O)N[C@@H](CNC(=O)OC(C)(C)C)C(=O)N(C)[C@@H]3C(=O)N[C@@H](C)C(=O)N[C@H](C(=O)C=[N+]=[N-])Cc4ccc(OCCNC(=O)OC(C)(C)C)c(c4)-c4cc3ccc4OCCNC(=O)OC(C)(C)C)cc2)cc1. The van der Waals surface area contributed by atoms with Crippen LogP contribution in [-0.2, 0) is 46.2 Å². The second-order valence-corrected chi connectivity index (χ2v) is 22.9. The average Bonchev–Trinajstić information content (AvgIpc) is 3.08. The van der Waals surface area contributed by atoms with E-state index in [0.29, 0.717) is 17.3 Å². The van der Waals surface area contributed by atoms with Crippen molar-refractivity contribution in [3.8, 4) is 33.8 Å². The highest BCUT2D eigenvalue weighted by Gasteiger charge is 2.37. The highest BCUT2D eigenvalue weighted by molar-refractivity contribution is 6.28. The first-order valence-electron chi connectivity index (χ1n) is 27.6. The summed E-state index contributed by atoms with van der Waals surface area (Å²) in [5.74, 6) is -3.62. The summed E-state index contributed by atoms with van der Waals surface area (Å²) in [4.78, 5) is 114. The van der Waals surface area contributed by atoms with Gasteiger partial charge in [-0.2, -0.15) is 4.79 Å². The molecule has 0 saturated carbocycles. The van der Waals surface area contributed by atoms with Crippen LogP contribution < -0.4 is 41.4 Å². The summed E-state index contributed by atoms with van der Waals surface area (Å²) in [5.41, 5.74) is 11.3. The first-order chi connectivity index (χ1) is 39.0. The van der Waals surface area contributed by atoms with Crippen molar-refractivity contribution in [3.05, 3.63) is 113 Å². The second kappa shape index (κ2) is 29.3. The number of carbonyl (C=O) groups is 8. The molecule has 22 heteroatoms. The molecule has 7 amide bonds. The molecule has 4 atom stereocenters. The Hall–Kier alpha value is -8.78. The number of alkyl carbamates (subject to hydrolysis) is 3. The zero-order valence-electron chi connectivity index (χ0n) is 49.5. The van der Waals surface area contributed by atoms with Crippen LogP contribution in [0.25, 0.3) is 27.8 Å². The molecule has 4 aromatic carbocycles. The molecule has 83 heavy (non-hydrogen) atoms. The minimum atomic E-state index is -1.61. The molecule has 4 aromatic rings. The van der Waals surface area contributed by atoms with Crippen molar-refractivity contribution < 1.29 is 66.8 Å². The Kier molecular flexibility index (Phi) is 22.9. The Bertz CT molecular complexity index is 3010. The molecule has 0 fully saturated rings. The zero-order valence-corrected chi connectivity index (χ0v) is 49.5. The number of hydrogen-bond acceptors (Lipinski definition) is 13. The van der Waals surface area contributed by atoms with Gasteiger partial charge in [0, 0.05) is 30.2 Å². The van der Waals surface area contributed by atoms with Gasteiger partial charge in [-0.05, 0) is 146 Å². The molecule has 0 aromatic heterocycles. The molecule has 1 aliphatic heterocycles. The van der Waals surface area contributed by atoms with Crippen LogP contribution >= 0.6 is 0 Å². The lowest BCUT2D eigenvalue weighted by atomic mass is 9.93. The van der Waals surface area contributed by atoms with E-state index >= 15 is 4.79 Å². The summed E-state index contributed by atoms with van der Waals surface area (Å²) in [7, 11) is 1.32. The molecule has 446 valence electrons. The van der Waals surface area contributed by atoms with E-state index in [1.54, 1.807) is 111 Å². The van der Waals surface area contributed by atoms with Gasteiger partial charge in [-0.1, -0.05) is 61.9 Å². The van der Waals surface area contributed by atoms with E-state index in [2.05, 4.69) is 55.7 Å². The molecule has 0 aliphatic carbocycles. The predicted octanol–water partition coefficient (Wildman–Crippen LogP) is 7.41. The highest BCUT2D eigenvalue weighted by Crippen LogP contribution is 2.40. The largest absolute Gasteiger partial charge is 0.491 e. The number of Topliss-reactive ketones (excluding diaryl/α,β-unsaturated/α-hetero) is 1. The van der Waals surface area contributed by atoms with E-state index in [1.165, 1.54) is 31.7 Å². The van der Waals surface area contributed by atoms with Gasteiger partial charge in [0.15, 0.2) is 0 Å². The molecule has 0 unspecified atom stereocenters. The molecule has 22 nitrogen and oxygen atoms in total. The summed E-state index contributed by atoms with van der Waals surface area (Å²) in [6.45, 7) is 18.1. The predicted molar refractivity (Wildman–Crippen MR) is 311 cm³/mol. The summed E-state index contributed by atoms with van der Waals surface area (Å²) in [6, 6.07) is 18.7. The Morgan fingerprint density at radius 2 is 1.22 bits per heavy atom. The monoisotopic (exact) mass is 1150 g/mol. The van der Waals surface area contributed by atoms with Crippen LogP contribution in [0.2, 0.25) is 0 Å². The fraction of sp³-hybridized carbons (Fsp3) is 0.459. The average molecular weight is 1150 g/mol. The summed E-state index contributed by atoms with van der Waals surface area (Å²) in [6.07, 6.45) is 1.34. The van der Waals surface area contributed by atoms with Crippen LogP contribution in [0, 0.1) is 0 Å². The third kappa shape index (κ3) is 20.6. The maximum atomic E-state index is 15.2. The smallest absolute Gasteiger partial charge is 0.407 e. The van der Waals surface area contributed by atoms with Crippen molar-refractivity contribution in [2.24, 2.45) is 0 Å². The normalized spacial score (nSPS) is 15.7. The first kappa shape index (κ1) is 65.0. The fourth-order valence-electron chi connectivity index (χ4n) is 8.53. The number of amides is 7. The van der Waals surface area contributed by atoms with Crippen LogP contribution in [0.5, 0.6) is 11.5 Å². The van der Waals surface area contributed by atoms with Crippen LogP contribution in [0.1, 0.15) is 122 Å². The van der Waals surface area contributed by atoms with Gasteiger partial charge in [0.2, 0.25) is 17.7 Å². The number of benzene rings is 4. The van der Waals surface area contributed by atoms with Crippen molar-refractivity contribution in [3.63, 3.8) is 0 Å². The topological polar surface area (TPSA) is 295 Å². The Morgan fingerprint density at radius 3 is 1.75 bits per heavy atom. The van der Waals surface area contributed by atoms with Gasteiger partial charge in [0.25, 0.3) is 11.7 Å². The Morgan fingerprint density at radius 1 is 0.699 bits per heavy atom. The van der Waals surface area contributed by atoms with E-state index in [1.807, 2.05) is 12.1 Å². The number of carbonyl (C=O) groups excluding carboxylic acids is 8. The molecule has 4 bridgehead atoms. The number of ketones is 1. The van der Waals surface area contributed by atoms with Crippen LogP contribution in [0.3, 0.4) is 0 Å². The molecule has 1 aliphatic rings. The summed E-state index contributed by atoms with van der Waals surface area (Å²) in [5, 5.41) is 15.9.